The van der Waals surface area contributed by atoms with Crippen molar-refractivity contribution in [2.24, 2.45) is 11.3 Å². The third kappa shape index (κ3) is 5.54. The summed E-state index contributed by atoms with van der Waals surface area (Å²) < 4.78 is 28.1. The van der Waals surface area contributed by atoms with Crippen molar-refractivity contribution in [2.45, 2.75) is 45.9 Å². The fraction of sp³-hybridized carbons (Fsp3) is 0.571. The number of hydrogen-bond donors (Lipinski definition) is 0. The standard InChI is InChI=1S/C21H28O6/c1-21(2)13-26-19(27-14-21)10-16-9-18(25-12-17(16)20(22)23-3)24-11-15-7-5-4-6-8-15/h4-8,12,16,18-19H,9-11,13-14H2,1-3H3/t16-,18+/m1/s1. The highest BCUT2D eigenvalue weighted by atomic mass is 16.7. The molecule has 0 spiro atoms. The van der Waals surface area contributed by atoms with Gasteiger partial charge in [0.1, 0.15) is 0 Å². The minimum Gasteiger partial charge on any atom is -0.472 e. The Labute approximate surface area is 160 Å². The molecule has 2 atom stereocenters. The summed E-state index contributed by atoms with van der Waals surface area (Å²) in [6, 6.07) is 9.91. The largest absolute Gasteiger partial charge is 0.472 e. The first kappa shape index (κ1) is 19.9. The van der Waals surface area contributed by atoms with Crippen molar-refractivity contribution in [3.63, 3.8) is 0 Å². The van der Waals surface area contributed by atoms with E-state index in [4.69, 9.17) is 23.7 Å². The Morgan fingerprint density at radius 1 is 1.19 bits per heavy atom. The maximum absolute atomic E-state index is 12.1. The van der Waals surface area contributed by atoms with Gasteiger partial charge in [-0.2, -0.15) is 0 Å². The van der Waals surface area contributed by atoms with Crippen LogP contribution in [0, 0.1) is 11.3 Å². The van der Waals surface area contributed by atoms with Crippen molar-refractivity contribution >= 4 is 5.97 Å². The molecule has 148 valence electrons. The summed E-state index contributed by atoms with van der Waals surface area (Å²) in [6.45, 7) is 5.91. The van der Waals surface area contributed by atoms with Gasteiger partial charge in [0.05, 0.1) is 38.8 Å². The maximum atomic E-state index is 12.1. The SMILES string of the molecule is COC(=O)C1=CO[C@H](OCc2ccccc2)C[C@@H]1CC1OCC(C)(C)CO1. The van der Waals surface area contributed by atoms with E-state index in [-0.39, 0.29) is 17.6 Å². The Kier molecular flexibility index (Phi) is 6.52. The summed E-state index contributed by atoms with van der Waals surface area (Å²) in [5.74, 6) is -0.504. The number of hydrogen-bond acceptors (Lipinski definition) is 6. The number of benzene rings is 1. The van der Waals surface area contributed by atoms with Crippen LogP contribution in [0.1, 0.15) is 32.3 Å². The highest BCUT2D eigenvalue weighted by molar-refractivity contribution is 5.88. The second-order valence-corrected chi connectivity index (χ2v) is 7.81. The van der Waals surface area contributed by atoms with Crippen molar-refractivity contribution in [3.05, 3.63) is 47.7 Å². The molecule has 1 aromatic rings. The molecule has 27 heavy (non-hydrogen) atoms. The summed E-state index contributed by atoms with van der Waals surface area (Å²) >= 11 is 0. The lowest BCUT2D eigenvalue weighted by molar-refractivity contribution is -0.230. The number of carbonyl (C=O) groups excluding carboxylic acids is 1. The molecule has 2 aliphatic heterocycles. The van der Waals surface area contributed by atoms with Crippen LogP contribution < -0.4 is 0 Å². The molecule has 0 aliphatic carbocycles. The van der Waals surface area contributed by atoms with Crippen LogP contribution in [-0.4, -0.2) is 38.9 Å². The molecule has 0 aromatic heterocycles. The molecule has 0 unspecified atom stereocenters. The van der Waals surface area contributed by atoms with E-state index in [0.717, 1.165) is 5.56 Å². The first-order chi connectivity index (χ1) is 13.0. The number of rotatable bonds is 6. The van der Waals surface area contributed by atoms with Crippen molar-refractivity contribution < 1.29 is 28.5 Å². The van der Waals surface area contributed by atoms with Crippen LogP contribution in [0.5, 0.6) is 0 Å². The van der Waals surface area contributed by atoms with E-state index in [1.54, 1.807) is 0 Å². The molecule has 6 heteroatoms. The van der Waals surface area contributed by atoms with E-state index >= 15 is 0 Å². The average Bonchev–Trinajstić information content (AvgIpc) is 2.68. The molecule has 0 N–H and O–H groups in total. The Hall–Kier alpha value is -1.89. The second-order valence-electron chi connectivity index (χ2n) is 7.81. The van der Waals surface area contributed by atoms with Crippen molar-refractivity contribution in [1.29, 1.82) is 0 Å². The number of esters is 1. The third-order valence-electron chi connectivity index (χ3n) is 4.76. The van der Waals surface area contributed by atoms with Gasteiger partial charge < -0.3 is 23.7 Å². The van der Waals surface area contributed by atoms with Gasteiger partial charge in [-0.25, -0.2) is 4.79 Å². The molecule has 1 saturated heterocycles. The molecule has 2 aliphatic rings. The predicted molar refractivity (Wildman–Crippen MR) is 98.4 cm³/mol. The van der Waals surface area contributed by atoms with Crippen molar-refractivity contribution in [3.8, 4) is 0 Å². The van der Waals surface area contributed by atoms with Crippen LogP contribution in [0.3, 0.4) is 0 Å². The van der Waals surface area contributed by atoms with Crippen molar-refractivity contribution in [1.82, 2.24) is 0 Å². The summed E-state index contributed by atoms with van der Waals surface area (Å²) in [5.41, 5.74) is 1.57. The lowest BCUT2D eigenvalue weighted by atomic mass is 9.90. The molecule has 2 heterocycles. The van der Waals surface area contributed by atoms with E-state index in [9.17, 15) is 4.79 Å². The highest BCUT2D eigenvalue weighted by Gasteiger charge is 2.36. The Morgan fingerprint density at radius 2 is 1.89 bits per heavy atom. The maximum Gasteiger partial charge on any atom is 0.337 e. The van der Waals surface area contributed by atoms with Gasteiger partial charge in [0, 0.05) is 24.2 Å². The van der Waals surface area contributed by atoms with E-state index in [0.29, 0.717) is 38.2 Å². The number of carbonyl (C=O) groups is 1. The topological polar surface area (TPSA) is 63.2 Å². The minimum atomic E-state index is -0.427. The Balaban J connectivity index is 1.61. The molecule has 0 saturated carbocycles. The Bertz CT molecular complexity index is 644. The van der Waals surface area contributed by atoms with Gasteiger partial charge in [0.2, 0.25) is 0 Å². The van der Waals surface area contributed by atoms with Gasteiger partial charge >= 0.3 is 5.97 Å². The fourth-order valence-corrected chi connectivity index (χ4v) is 3.18. The predicted octanol–water partition coefficient (Wildman–Crippen LogP) is 3.41. The third-order valence-corrected chi connectivity index (χ3v) is 4.76. The van der Waals surface area contributed by atoms with Gasteiger partial charge in [0.25, 0.3) is 0 Å². The second kappa shape index (κ2) is 8.87. The van der Waals surface area contributed by atoms with Crippen LogP contribution in [0.4, 0.5) is 0 Å². The zero-order valence-corrected chi connectivity index (χ0v) is 16.2. The normalized spacial score (nSPS) is 25.4. The van der Waals surface area contributed by atoms with Crippen LogP contribution in [0.2, 0.25) is 0 Å². The molecule has 0 amide bonds. The van der Waals surface area contributed by atoms with Gasteiger partial charge in [-0.05, 0) is 5.56 Å². The van der Waals surface area contributed by atoms with Crippen molar-refractivity contribution in [2.75, 3.05) is 20.3 Å². The van der Waals surface area contributed by atoms with E-state index in [2.05, 4.69) is 13.8 Å². The zero-order valence-electron chi connectivity index (χ0n) is 16.2. The summed E-state index contributed by atoms with van der Waals surface area (Å²) in [6.07, 6.45) is 1.79. The molecular weight excluding hydrogens is 348 g/mol. The molecule has 6 nitrogen and oxygen atoms in total. The van der Waals surface area contributed by atoms with Gasteiger partial charge in [0.15, 0.2) is 12.6 Å². The van der Waals surface area contributed by atoms with Crippen LogP contribution >= 0.6 is 0 Å². The smallest absolute Gasteiger partial charge is 0.337 e. The number of methoxy groups -OCH3 is 1. The molecule has 3 rings (SSSR count). The van der Waals surface area contributed by atoms with E-state index < -0.39 is 12.3 Å². The summed E-state index contributed by atoms with van der Waals surface area (Å²) in [4.78, 5) is 12.1. The fourth-order valence-electron chi connectivity index (χ4n) is 3.18. The quantitative estimate of drug-likeness (QED) is 0.709. The van der Waals surface area contributed by atoms with Gasteiger partial charge in [-0.1, -0.05) is 44.2 Å². The van der Waals surface area contributed by atoms with Gasteiger partial charge in [-0.3, -0.25) is 0 Å². The zero-order chi connectivity index (χ0) is 19.3. The van der Waals surface area contributed by atoms with E-state index in [1.807, 2.05) is 30.3 Å². The van der Waals surface area contributed by atoms with E-state index in [1.165, 1.54) is 13.4 Å². The molecule has 0 bridgehead atoms. The first-order valence-electron chi connectivity index (χ1n) is 9.29. The number of ether oxygens (including phenoxy) is 5. The molecule has 0 radical (unpaired) electrons. The minimum absolute atomic E-state index is 0.00846. The van der Waals surface area contributed by atoms with Crippen LogP contribution in [-0.2, 0) is 35.1 Å². The lowest BCUT2D eigenvalue weighted by Crippen LogP contribution is -2.40. The molecule has 1 aromatic carbocycles. The monoisotopic (exact) mass is 376 g/mol. The van der Waals surface area contributed by atoms with Gasteiger partial charge in [-0.15, -0.1) is 0 Å². The molecular formula is C21H28O6. The molecule has 1 fully saturated rings. The lowest BCUT2D eigenvalue weighted by Gasteiger charge is -2.37. The average molecular weight is 376 g/mol. The summed E-state index contributed by atoms with van der Waals surface area (Å²) in [7, 11) is 1.37. The van der Waals surface area contributed by atoms with Crippen LogP contribution in [0.15, 0.2) is 42.2 Å². The highest BCUT2D eigenvalue weighted by Crippen LogP contribution is 2.33. The first-order valence-corrected chi connectivity index (χ1v) is 9.29. The Morgan fingerprint density at radius 3 is 2.56 bits per heavy atom. The van der Waals surface area contributed by atoms with Crippen LogP contribution in [0.25, 0.3) is 0 Å². The summed E-state index contributed by atoms with van der Waals surface area (Å²) in [5, 5.41) is 0.